The maximum Gasteiger partial charge on any atom is 0.349 e. The molecule has 0 saturated carbocycles. The Kier molecular flexibility index (Phi) is 5.45. The van der Waals surface area contributed by atoms with Gasteiger partial charge < -0.3 is 0 Å². The minimum atomic E-state index is -0.710. The molecule has 8 nitrogen and oxygen atoms in total. The van der Waals surface area contributed by atoms with E-state index in [2.05, 4.69) is 20.3 Å². The van der Waals surface area contributed by atoms with E-state index in [0.717, 1.165) is 10.9 Å². The van der Waals surface area contributed by atoms with Crippen molar-refractivity contribution in [2.75, 3.05) is 0 Å². The zero-order chi connectivity index (χ0) is 20.6. The second-order valence-corrected chi connectivity index (χ2v) is 8.11. The van der Waals surface area contributed by atoms with Gasteiger partial charge in [0.25, 0.3) is 11.1 Å². The van der Waals surface area contributed by atoms with Crippen LogP contribution in [0.3, 0.4) is 0 Å². The Labute approximate surface area is 169 Å². The van der Waals surface area contributed by atoms with Crippen LogP contribution in [0.25, 0.3) is 5.70 Å². The van der Waals surface area contributed by atoms with Gasteiger partial charge >= 0.3 is 5.69 Å². The van der Waals surface area contributed by atoms with E-state index in [0.29, 0.717) is 28.4 Å². The van der Waals surface area contributed by atoms with Crippen molar-refractivity contribution in [3.05, 3.63) is 71.9 Å². The van der Waals surface area contributed by atoms with E-state index >= 15 is 0 Å². The lowest BCUT2D eigenvalue weighted by atomic mass is 9.78. The fourth-order valence-corrected chi connectivity index (χ4v) is 3.70. The van der Waals surface area contributed by atoms with E-state index in [9.17, 15) is 14.4 Å². The second kappa shape index (κ2) is 7.52. The second-order valence-electron chi connectivity index (χ2n) is 7.23. The smallest absolute Gasteiger partial charge is 0.271 e. The lowest BCUT2D eigenvalue weighted by molar-refractivity contribution is 0.414. The Morgan fingerprint density at radius 2 is 2.04 bits per heavy atom. The van der Waals surface area contributed by atoms with Gasteiger partial charge in [-0.05, 0) is 24.1 Å². The van der Waals surface area contributed by atoms with Crippen LogP contribution in [0.2, 0.25) is 0 Å². The summed E-state index contributed by atoms with van der Waals surface area (Å²) >= 11 is 13.2. The number of alkyl halides is 1. The average Bonchev–Trinajstić information content (AvgIpc) is 2.61. The monoisotopic (exact) mass is 423 g/mol. The first kappa shape index (κ1) is 20.3. The quantitative estimate of drug-likeness (QED) is 0.729. The minimum Gasteiger partial charge on any atom is -0.271 e. The third kappa shape index (κ3) is 3.74. The van der Waals surface area contributed by atoms with Crippen LogP contribution in [0.4, 0.5) is 0 Å². The third-order valence-corrected chi connectivity index (χ3v) is 5.91. The first-order valence-corrected chi connectivity index (χ1v) is 9.44. The SMILES string of the molecule is CC(C)c1cc(CC2(C)C(Cl)=CC(n3ncc(=O)[nH]c3=O)=CC2Cl)n[nH]c1=O. The number of halogens is 2. The molecule has 2 aromatic rings. The van der Waals surface area contributed by atoms with Gasteiger partial charge in [0, 0.05) is 22.4 Å². The van der Waals surface area contributed by atoms with Gasteiger partial charge in [-0.15, -0.1) is 11.6 Å². The highest BCUT2D eigenvalue weighted by Crippen LogP contribution is 2.44. The van der Waals surface area contributed by atoms with Gasteiger partial charge in [0.15, 0.2) is 0 Å². The molecule has 0 saturated heterocycles. The van der Waals surface area contributed by atoms with Crippen LogP contribution < -0.4 is 16.8 Å². The van der Waals surface area contributed by atoms with E-state index in [-0.39, 0.29) is 11.5 Å². The topological polar surface area (TPSA) is 114 Å². The van der Waals surface area contributed by atoms with Gasteiger partial charge in [-0.2, -0.15) is 14.9 Å². The average molecular weight is 424 g/mol. The number of hydrogen-bond donors (Lipinski definition) is 2. The van der Waals surface area contributed by atoms with Crippen molar-refractivity contribution in [3.8, 4) is 0 Å². The molecule has 1 aliphatic rings. The van der Waals surface area contributed by atoms with Crippen LogP contribution in [-0.4, -0.2) is 30.3 Å². The molecule has 0 aliphatic heterocycles. The van der Waals surface area contributed by atoms with Crippen LogP contribution >= 0.6 is 23.2 Å². The first-order chi connectivity index (χ1) is 13.1. The number of H-pyrrole nitrogens is 2. The predicted octanol–water partition coefficient (Wildman–Crippen LogP) is 1.97. The molecule has 2 unspecified atom stereocenters. The Morgan fingerprint density at radius 3 is 2.64 bits per heavy atom. The fourth-order valence-electron chi connectivity index (χ4n) is 3.02. The van der Waals surface area contributed by atoms with Crippen LogP contribution in [0, 0.1) is 5.41 Å². The molecule has 148 valence electrons. The van der Waals surface area contributed by atoms with Crippen molar-refractivity contribution in [2.24, 2.45) is 5.41 Å². The number of nitrogens with zero attached hydrogens (tertiary/aromatic N) is 3. The van der Waals surface area contributed by atoms with Gasteiger partial charge in [0.05, 0.1) is 16.8 Å². The van der Waals surface area contributed by atoms with Crippen LogP contribution in [0.1, 0.15) is 37.9 Å². The highest BCUT2D eigenvalue weighted by molar-refractivity contribution is 6.33. The number of aromatic nitrogens is 5. The van der Waals surface area contributed by atoms with E-state index in [1.54, 1.807) is 18.2 Å². The number of nitrogens with one attached hydrogen (secondary N) is 2. The summed E-state index contributed by atoms with van der Waals surface area (Å²) in [6.07, 6.45) is 4.61. The Balaban J connectivity index is 1.96. The molecule has 0 radical (unpaired) electrons. The Morgan fingerprint density at radius 1 is 1.32 bits per heavy atom. The molecule has 0 bridgehead atoms. The van der Waals surface area contributed by atoms with Crippen molar-refractivity contribution in [2.45, 2.75) is 38.5 Å². The normalized spacial score (nSPS) is 22.1. The van der Waals surface area contributed by atoms with Crippen molar-refractivity contribution in [1.82, 2.24) is 25.0 Å². The third-order valence-electron chi connectivity index (χ3n) is 4.76. The van der Waals surface area contributed by atoms with Gasteiger partial charge in [-0.25, -0.2) is 9.89 Å². The van der Waals surface area contributed by atoms with Gasteiger partial charge in [0.1, 0.15) is 6.20 Å². The maximum atomic E-state index is 12.0. The molecule has 1 aliphatic carbocycles. The summed E-state index contributed by atoms with van der Waals surface area (Å²) in [6.45, 7) is 5.73. The van der Waals surface area contributed by atoms with E-state index < -0.39 is 22.0 Å². The molecule has 0 spiro atoms. The summed E-state index contributed by atoms with van der Waals surface area (Å²) in [4.78, 5) is 37.2. The molecule has 0 fully saturated rings. The zero-order valence-corrected chi connectivity index (χ0v) is 17.0. The Bertz CT molecular complexity index is 1140. The molecule has 28 heavy (non-hydrogen) atoms. The molecule has 0 aromatic carbocycles. The van der Waals surface area contributed by atoms with E-state index in [1.165, 1.54) is 0 Å². The highest BCUT2D eigenvalue weighted by Gasteiger charge is 2.39. The van der Waals surface area contributed by atoms with Crippen LogP contribution in [-0.2, 0) is 6.42 Å². The van der Waals surface area contributed by atoms with E-state index in [1.807, 2.05) is 20.8 Å². The number of hydrogen-bond acceptors (Lipinski definition) is 5. The largest absolute Gasteiger partial charge is 0.349 e. The first-order valence-electron chi connectivity index (χ1n) is 8.63. The molecule has 10 heteroatoms. The molecule has 2 N–H and O–H groups in total. The standard InChI is InChI=1S/C18H19Cl2N5O3/c1-9(2)12-4-10(23-24-16(12)27)7-18(3)13(19)5-11(6-14(18)20)25-17(28)22-15(26)8-21-25/h4-6,8-9,13H,7H2,1-3H3,(H,24,27)(H,22,26,28). The molecular formula is C18H19Cl2N5O3. The Hall–Kier alpha value is -2.45. The van der Waals surface area contributed by atoms with Crippen molar-refractivity contribution < 1.29 is 0 Å². The predicted molar refractivity (Wildman–Crippen MR) is 108 cm³/mol. The number of aromatic amines is 2. The number of rotatable bonds is 4. The molecule has 3 rings (SSSR count). The molecule has 0 amide bonds. The summed E-state index contributed by atoms with van der Waals surface area (Å²) in [7, 11) is 0. The van der Waals surface area contributed by atoms with Crippen LogP contribution in [0.15, 0.2) is 43.8 Å². The number of allylic oxidation sites excluding steroid dienone is 4. The summed E-state index contributed by atoms with van der Waals surface area (Å²) < 4.78 is 1.02. The molecule has 2 heterocycles. The lowest BCUT2D eigenvalue weighted by Crippen LogP contribution is -2.36. The maximum absolute atomic E-state index is 12.0. The fraction of sp³-hybridized carbons (Fsp3) is 0.389. The minimum absolute atomic E-state index is 0.0483. The summed E-state index contributed by atoms with van der Waals surface area (Å²) in [5.41, 5.74) is -0.558. The molecule has 2 atom stereocenters. The van der Waals surface area contributed by atoms with Crippen molar-refractivity contribution >= 4 is 28.9 Å². The summed E-state index contributed by atoms with van der Waals surface area (Å²) in [6, 6.07) is 1.76. The van der Waals surface area contributed by atoms with Gasteiger partial charge in [-0.1, -0.05) is 32.4 Å². The van der Waals surface area contributed by atoms with Gasteiger partial charge in [-0.3, -0.25) is 14.6 Å². The van der Waals surface area contributed by atoms with E-state index in [4.69, 9.17) is 23.2 Å². The summed E-state index contributed by atoms with van der Waals surface area (Å²) in [5, 5.41) is 10.3. The lowest BCUT2D eigenvalue weighted by Gasteiger charge is -2.35. The van der Waals surface area contributed by atoms with Crippen molar-refractivity contribution in [1.29, 1.82) is 0 Å². The highest BCUT2D eigenvalue weighted by atomic mass is 35.5. The van der Waals surface area contributed by atoms with Crippen molar-refractivity contribution in [3.63, 3.8) is 0 Å². The molecular weight excluding hydrogens is 405 g/mol. The van der Waals surface area contributed by atoms with Gasteiger partial charge in [0.2, 0.25) is 0 Å². The zero-order valence-electron chi connectivity index (χ0n) is 15.5. The molecule has 2 aromatic heterocycles. The summed E-state index contributed by atoms with van der Waals surface area (Å²) in [5.74, 6) is 0.0483. The van der Waals surface area contributed by atoms with Crippen LogP contribution in [0.5, 0.6) is 0 Å².